The SMILES string of the molecule is CC(C)C(C)(C)[Si]O[C@H]1C[C@@H](O[Si]C(C)(C)C(C)C)[C@@H](OCCc2c[nH]c3ccccc23)O[C@@H]1C(I)OCCc1c[nH]c2ccccc12. The summed E-state index contributed by atoms with van der Waals surface area (Å²) in [7, 11) is 0.641. The number of rotatable bonds is 17. The summed E-state index contributed by atoms with van der Waals surface area (Å²) in [5, 5.41) is 2.56. The highest BCUT2D eigenvalue weighted by Crippen LogP contribution is 2.38. The van der Waals surface area contributed by atoms with Crippen LogP contribution in [0.4, 0.5) is 0 Å². The smallest absolute Gasteiger partial charge is 0.237 e. The molecule has 10 heteroatoms. The van der Waals surface area contributed by atoms with Crippen molar-refractivity contribution in [1.29, 1.82) is 0 Å². The molecule has 4 radical (unpaired) electrons. The molecule has 0 amide bonds. The minimum absolute atomic E-state index is 0.0421. The first kappa shape index (κ1) is 37.7. The minimum atomic E-state index is -0.522. The van der Waals surface area contributed by atoms with Gasteiger partial charge >= 0.3 is 0 Å². The van der Waals surface area contributed by atoms with Crippen molar-refractivity contribution < 1.29 is 23.1 Å². The number of nitrogens with one attached hydrogen (secondary N) is 2. The Morgan fingerprint density at radius 3 is 1.81 bits per heavy atom. The summed E-state index contributed by atoms with van der Waals surface area (Å²) in [5.41, 5.74) is 4.79. The van der Waals surface area contributed by atoms with E-state index in [9.17, 15) is 0 Å². The minimum Gasteiger partial charge on any atom is -0.411 e. The highest BCUT2D eigenvalue weighted by molar-refractivity contribution is 14.1. The number of benzene rings is 2. The van der Waals surface area contributed by atoms with Crippen LogP contribution in [0.2, 0.25) is 10.1 Å². The van der Waals surface area contributed by atoms with Gasteiger partial charge in [0.25, 0.3) is 0 Å². The zero-order valence-electron chi connectivity index (χ0n) is 29.8. The standard InChI is InChI=1S/C38H53IN2O5Si2/c1-24(2)37(5,6)47-45-32-21-33(46-48-38(7,8)25(3)4)36(43-20-18-27-23-41-31-16-12-10-14-29(27)31)44-34(32)35(39)42-19-17-26-22-40-30-15-11-9-13-28(26)30/h9-16,22-25,32-36,40-41H,17-21H2,1-8H3/t32-,33+,34-,35?,36-/m0/s1. The van der Waals surface area contributed by atoms with Crippen molar-refractivity contribution in [2.24, 2.45) is 11.8 Å². The molecule has 48 heavy (non-hydrogen) atoms. The van der Waals surface area contributed by atoms with Gasteiger partial charge in [-0.2, -0.15) is 0 Å². The van der Waals surface area contributed by atoms with Crippen molar-refractivity contribution in [3.8, 4) is 0 Å². The van der Waals surface area contributed by atoms with E-state index in [4.69, 9.17) is 23.1 Å². The van der Waals surface area contributed by atoms with Gasteiger partial charge in [0.2, 0.25) is 19.5 Å². The fraction of sp³-hybridized carbons (Fsp3) is 0.579. The first-order chi connectivity index (χ1) is 22.9. The zero-order valence-corrected chi connectivity index (χ0v) is 33.9. The Labute approximate surface area is 306 Å². The molecule has 7 nitrogen and oxygen atoms in total. The van der Waals surface area contributed by atoms with E-state index in [0.717, 1.165) is 23.9 Å². The lowest BCUT2D eigenvalue weighted by Gasteiger charge is -2.44. The van der Waals surface area contributed by atoms with E-state index in [1.807, 2.05) is 0 Å². The maximum Gasteiger partial charge on any atom is 0.237 e. The van der Waals surface area contributed by atoms with E-state index in [1.54, 1.807) is 0 Å². The number of halogens is 1. The summed E-state index contributed by atoms with van der Waals surface area (Å²) in [6, 6.07) is 16.8. The quantitative estimate of drug-likeness (QED) is 0.0634. The van der Waals surface area contributed by atoms with Crippen molar-refractivity contribution in [2.75, 3.05) is 13.2 Å². The largest absolute Gasteiger partial charge is 0.411 e. The van der Waals surface area contributed by atoms with Crippen LogP contribution in [-0.4, -0.2) is 71.4 Å². The van der Waals surface area contributed by atoms with Crippen LogP contribution < -0.4 is 0 Å². The van der Waals surface area contributed by atoms with Gasteiger partial charge in [-0.25, -0.2) is 0 Å². The van der Waals surface area contributed by atoms with Gasteiger partial charge in [0.15, 0.2) is 6.29 Å². The Balaban J connectivity index is 1.31. The van der Waals surface area contributed by atoms with Crippen LogP contribution in [0.5, 0.6) is 0 Å². The van der Waals surface area contributed by atoms with E-state index in [2.05, 4.69) is 149 Å². The molecule has 260 valence electrons. The van der Waals surface area contributed by atoms with Crippen LogP contribution >= 0.6 is 22.6 Å². The molecule has 2 N–H and O–H groups in total. The van der Waals surface area contributed by atoms with Crippen LogP contribution in [0, 0.1) is 11.8 Å². The Morgan fingerprint density at radius 2 is 1.27 bits per heavy atom. The Bertz CT molecular complexity index is 1590. The average molecular weight is 801 g/mol. The molecule has 0 spiro atoms. The summed E-state index contributed by atoms with van der Waals surface area (Å²) in [6.07, 6.45) is 5.21. The fourth-order valence-corrected chi connectivity index (χ4v) is 8.14. The average Bonchev–Trinajstić information content (AvgIpc) is 3.67. The number of ether oxygens (including phenoxy) is 3. The summed E-state index contributed by atoms with van der Waals surface area (Å²) in [4.78, 5) is 6.77. The van der Waals surface area contributed by atoms with Crippen molar-refractivity contribution in [2.45, 2.75) is 113 Å². The molecule has 5 atom stereocenters. The summed E-state index contributed by atoms with van der Waals surface area (Å²) >= 11 is 2.39. The van der Waals surface area contributed by atoms with Gasteiger partial charge in [-0.3, -0.25) is 0 Å². The second-order valence-electron chi connectivity index (χ2n) is 14.8. The summed E-state index contributed by atoms with van der Waals surface area (Å²) in [6.45, 7) is 19.3. The van der Waals surface area contributed by atoms with Gasteiger partial charge in [-0.05, 0) is 80.6 Å². The molecule has 1 aliphatic heterocycles. The predicted octanol–water partition coefficient (Wildman–Crippen LogP) is 9.06. The molecular formula is C38H53IN2O5Si2. The van der Waals surface area contributed by atoms with E-state index >= 15 is 0 Å². The van der Waals surface area contributed by atoms with Crippen LogP contribution in [0.3, 0.4) is 0 Å². The predicted molar refractivity (Wildman–Crippen MR) is 206 cm³/mol. The maximum absolute atomic E-state index is 6.88. The number of H-pyrrole nitrogens is 2. The first-order valence-corrected chi connectivity index (χ1v) is 20.4. The molecule has 2 aromatic heterocycles. The van der Waals surface area contributed by atoms with E-state index in [1.165, 1.54) is 21.9 Å². The van der Waals surface area contributed by atoms with Gasteiger partial charge in [0, 0.05) is 40.6 Å². The zero-order chi connectivity index (χ0) is 34.5. The molecule has 4 aromatic rings. The third-order valence-corrected chi connectivity index (χ3v) is 14.3. The molecule has 0 saturated carbocycles. The highest BCUT2D eigenvalue weighted by atomic mass is 127. The normalized spacial score (nSPS) is 21.6. The number of aromatic amines is 2. The van der Waals surface area contributed by atoms with Crippen LogP contribution in [0.15, 0.2) is 60.9 Å². The van der Waals surface area contributed by atoms with Gasteiger partial charge in [0.05, 0.1) is 25.4 Å². The van der Waals surface area contributed by atoms with Gasteiger partial charge < -0.3 is 33.0 Å². The number of aromatic nitrogens is 2. The lowest BCUT2D eigenvalue weighted by molar-refractivity contribution is -0.266. The lowest BCUT2D eigenvalue weighted by Crippen LogP contribution is -2.55. The van der Waals surface area contributed by atoms with E-state index in [0.29, 0.717) is 51.0 Å². The first-order valence-electron chi connectivity index (χ1n) is 17.3. The molecule has 0 aliphatic carbocycles. The lowest BCUT2D eigenvalue weighted by atomic mass is 9.99. The van der Waals surface area contributed by atoms with Crippen LogP contribution in [-0.2, 0) is 35.9 Å². The van der Waals surface area contributed by atoms with Crippen molar-refractivity contribution in [3.63, 3.8) is 0 Å². The van der Waals surface area contributed by atoms with Gasteiger partial charge in [-0.15, -0.1) is 0 Å². The third kappa shape index (κ3) is 9.42. The molecule has 1 aliphatic rings. The number of para-hydroxylation sites is 2. The molecule has 1 fully saturated rings. The molecule has 5 rings (SSSR count). The van der Waals surface area contributed by atoms with Crippen molar-refractivity contribution in [3.05, 3.63) is 72.1 Å². The fourth-order valence-electron chi connectivity index (χ4n) is 5.43. The molecule has 1 saturated heterocycles. The Morgan fingerprint density at radius 1 is 0.771 bits per heavy atom. The molecule has 3 heterocycles. The summed E-state index contributed by atoms with van der Waals surface area (Å²) < 4.78 is 33.3. The second kappa shape index (κ2) is 16.7. The second-order valence-corrected chi connectivity index (χ2v) is 19.5. The monoisotopic (exact) mass is 800 g/mol. The number of hydrogen-bond acceptors (Lipinski definition) is 5. The van der Waals surface area contributed by atoms with Gasteiger partial charge in [-0.1, -0.05) is 91.8 Å². The van der Waals surface area contributed by atoms with Crippen molar-refractivity contribution >= 4 is 63.9 Å². The van der Waals surface area contributed by atoms with Crippen LogP contribution in [0.25, 0.3) is 21.8 Å². The Hall–Kier alpha value is -1.52. The summed E-state index contributed by atoms with van der Waals surface area (Å²) in [5.74, 6) is 0.974. The number of hydrogen-bond donors (Lipinski definition) is 2. The molecule has 1 unspecified atom stereocenters. The Kier molecular flexibility index (Phi) is 13.1. The van der Waals surface area contributed by atoms with E-state index in [-0.39, 0.29) is 32.5 Å². The van der Waals surface area contributed by atoms with Crippen molar-refractivity contribution in [1.82, 2.24) is 9.97 Å². The van der Waals surface area contributed by atoms with Crippen LogP contribution in [0.1, 0.15) is 72.9 Å². The molecule has 0 bridgehead atoms. The molecule has 2 aromatic carbocycles. The van der Waals surface area contributed by atoms with Gasteiger partial charge in [0.1, 0.15) is 10.2 Å². The van der Waals surface area contributed by atoms with E-state index < -0.39 is 6.29 Å². The number of fused-ring (bicyclic) bond motifs is 2. The third-order valence-electron chi connectivity index (χ3n) is 10.2. The maximum atomic E-state index is 6.88. The topological polar surface area (TPSA) is 77.7 Å². The molecular weight excluding hydrogens is 748 g/mol. The highest BCUT2D eigenvalue weighted by Gasteiger charge is 2.45. The number of alkyl halides is 1.